The Bertz CT molecular complexity index is 416. The van der Waals surface area contributed by atoms with Gasteiger partial charge < -0.3 is 15.4 Å². The van der Waals surface area contributed by atoms with Crippen molar-refractivity contribution in [1.82, 2.24) is 15.5 Å². The number of hydrogen-bond acceptors (Lipinski definition) is 3. The largest absolute Gasteiger partial charge is 0.381 e. The summed E-state index contributed by atoms with van der Waals surface area (Å²) in [5, 5.41) is 7.24. The number of hydrogen-bond donors (Lipinski definition) is 2. The molecule has 0 atom stereocenters. The number of nitrogens with one attached hydrogen (secondary N) is 2. The first-order valence-electron chi connectivity index (χ1n) is 9.99. The molecule has 0 unspecified atom stereocenters. The lowest BCUT2D eigenvalue weighted by Gasteiger charge is -2.45. The fourth-order valence-electron chi connectivity index (χ4n) is 4.62. The van der Waals surface area contributed by atoms with Gasteiger partial charge in [0.1, 0.15) is 0 Å². The predicted octanol–water partition coefficient (Wildman–Crippen LogP) is 2.38. The molecule has 2 N–H and O–H groups in total. The van der Waals surface area contributed by atoms with Crippen molar-refractivity contribution in [3.05, 3.63) is 0 Å². The lowest BCUT2D eigenvalue weighted by molar-refractivity contribution is -0.0164. The van der Waals surface area contributed by atoms with Crippen LogP contribution in [0.2, 0.25) is 0 Å². The van der Waals surface area contributed by atoms with E-state index in [-0.39, 0.29) is 5.54 Å². The zero-order chi connectivity index (χ0) is 16.9. The van der Waals surface area contributed by atoms with Gasteiger partial charge in [0, 0.05) is 38.9 Å². The predicted molar refractivity (Wildman–Crippen MR) is 99.5 cm³/mol. The van der Waals surface area contributed by atoms with E-state index >= 15 is 0 Å². The topological polar surface area (TPSA) is 48.9 Å². The second-order valence-electron chi connectivity index (χ2n) is 8.02. The molecule has 2 saturated heterocycles. The minimum Gasteiger partial charge on any atom is -0.381 e. The van der Waals surface area contributed by atoms with E-state index < -0.39 is 0 Å². The van der Waals surface area contributed by atoms with Gasteiger partial charge in [0.15, 0.2) is 5.96 Å². The summed E-state index contributed by atoms with van der Waals surface area (Å²) in [5.41, 5.74) is 0.772. The highest BCUT2D eigenvalue weighted by Crippen LogP contribution is 2.43. The van der Waals surface area contributed by atoms with Crippen molar-refractivity contribution in [3.8, 4) is 0 Å². The summed E-state index contributed by atoms with van der Waals surface area (Å²) in [7, 11) is 1.89. The zero-order valence-electron chi connectivity index (χ0n) is 15.7. The number of ether oxygens (including phenoxy) is 1. The number of rotatable bonds is 6. The smallest absolute Gasteiger partial charge is 0.191 e. The third-order valence-electron chi connectivity index (χ3n) is 6.80. The van der Waals surface area contributed by atoms with E-state index in [1.54, 1.807) is 0 Å². The molecule has 0 amide bonds. The Balaban J connectivity index is 1.54. The lowest BCUT2D eigenvalue weighted by Crippen LogP contribution is -2.59. The quantitative estimate of drug-likeness (QED) is 0.577. The van der Waals surface area contributed by atoms with E-state index in [1.165, 1.54) is 51.6 Å². The van der Waals surface area contributed by atoms with Gasteiger partial charge in [-0.15, -0.1) is 0 Å². The van der Waals surface area contributed by atoms with E-state index in [1.807, 2.05) is 7.05 Å². The molecule has 0 aromatic rings. The highest BCUT2D eigenvalue weighted by molar-refractivity contribution is 5.79. The third kappa shape index (κ3) is 3.88. The van der Waals surface area contributed by atoms with Crippen molar-refractivity contribution < 1.29 is 4.74 Å². The van der Waals surface area contributed by atoms with Crippen molar-refractivity contribution in [2.45, 2.75) is 63.8 Å². The number of nitrogens with zero attached hydrogens (tertiary/aromatic N) is 2. The van der Waals surface area contributed by atoms with Crippen molar-refractivity contribution >= 4 is 5.96 Å². The van der Waals surface area contributed by atoms with Gasteiger partial charge in [0.25, 0.3) is 0 Å². The van der Waals surface area contributed by atoms with E-state index in [0.29, 0.717) is 5.41 Å². The average Bonchev–Trinajstić information content (AvgIpc) is 3.13. The molecule has 0 aromatic carbocycles. The molecule has 5 nitrogen and oxygen atoms in total. The third-order valence-corrected chi connectivity index (χ3v) is 6.80. The Kier molecular flexibility index (Phi) is 6.03. The van der Waals surface area contributed by atoms with E-state index in [4.69, 9.17) is 4.74 Å². The van der Waals surface area contributed by atoms with Crippen LogP contribution < -0.4 is 10.6 Å². The Morgan fingerprint density at radius 1 is 1.00 bits per heavy atom. The van der Waals surface area contributed by atoms with Gasteiger partial charge in [-0.25, -0.2) is 0 Å². The summed E-state index contributed by atoms with van der Waals surface area (Å²) >= 11 is 0. The van der Waals surface area contributed by atoms with Crippen LogP contribution in [-0.4, -0.2) is 62.8 Å². The molecular formula is C19H36N4O. The van der Waals surface area contributed by atoms with Crippen molar-refractivity contribution in [2.24, 2.45) is 10.4 Å². The van der Waals surface area contributed by atoms with Crippen LogP contribution in [0.5, 0.6) is 0 Å². The Labute approximate surface area is 147 Å². The first kappa shape index (κ1) is 18.0. The first-order chi connectivity index (χ1) is 11.7. The van der Waals surface area contributed by atoms with Crippen LogP contribution in [0.15, 0.2) is 4.99 Å². The van der Waals surface area contributed by atoms with Crippen molar-refractivity contribution in [2.75, 3.05) is 46.4 Å². The molecule has 5 heteroatoms. The lowest BCUT2D eigenvalue weighted by atomic mass is 9.67. The van der Waals surface area contributed by atoms with Gasteiger partial charge in [0.05, 0.1) is 0 Å². The Morgan fingerprint density at radius 2 is 1.67 bits per heavy atom. The molecule has 2 heterocycles. The van der Waals surface area contributed by atoms with Gasteiger partial charge in [-0.3, -0.25) is 9.89 Å². The van der Waals surface area contributed by atoms with Crippen LogP contribution in [0.1, 0.15) is 58.3 Å². The van der Waals surface area contributed by atoms with Crippen LogP contribution in [0.3, 0.4) is 0 Å². The molecule has 1 aliphatic carbocycles. The minimum absolute atomic E-state index is 0.255. The SMILES string of the molecule is CCC1(CNC(=NC)NCC2(N3CCCC3)CCOCC2)CCC1. The molecule has 0 spiro atoms. The maximum atomic E-state index is 5.65. The normalized spacial score (nSPS) is 26.8. The van der Waals surface area contributed by atoms with Gasteiger partial charge in [-0.2, -0.15) is 0 Å². The molecule has 138 valence electrons. The highest BCUT2D eigenvalue weighted by Gasteiger charge is 2.40. The summed E-state index contributed by atoms with van der Waals surface area (Å²) in [6, 6.07) is 0. The Hall–Kier alpha value is -0.810. The fourth-order valence-corrected chi connectivity index (χ4v) is 4.62. The molecule has 2 aliphatic heterocycles. The van der Waals surface area contributed by atoms with Gasteiger partial charge in [-0.1, -0.05) is 13.3 Å². The van der Waals surface area contributed by atoms with Gasteiger partial charge in [-0.05, 0) is 63.5 Å². The number of guanidine groups is 1. The molecule has 1 saturated carbocycles. The first-order valence-corrected chi connectivity index (χ1v) is 9.99. The van der Waals surface area contributed by atoms with Crippen LogP contribution in [0.4, 0.5) is 0 Å². The molecule has 3 rings (SSSR count). The summed E-state index contributed by atoms with van der Waals surface area (Å²) in [6.45, 7) is 8.63. The zero-order valence-corrected chi connectivity index (χ0v) is 15.7. The van der Waals surface area contributed by atoms with Crippen molar-refractivity contribution in [3.63, 3.8) is 0 Å². The number of likely N-dealkylation sites (tertiary alicyclic amines) is 1. The van der Waals surface area contributed by atoms with E-state index in [9.17, 15) is 0 Å². The highest BCUT2D eigenvalue weighted by atomic mass is 16.5. The average molecular weight is 337 g/mol. The number of aliphatic imine (C=N–C) groups is 1. The monoisotopic (exact) mass is 336 g/mol. The van der Waals surface area contributed by atoms with Crippen LogP contribution >= 0.6 is 0 Å². The molecule has 0 aromatic heterocycles. The summed E-state index contributed by atoms with van der Waals surface area (Å²) in [4.78, 5) is 7.17. The maximum absolute atomic E-state index is 5.65. The molecule has 3 fully saturated rings. The van der Waals surface area contributed by atoms with E-state index in [2.05, 4.69) is 27.4 Å². The summed E-state index contributed by atoms with van der Waals surface area (Å²) < 4.78 is 5.65. The Morgan fingerprint density at radius 3 is 2.21 bits per heavy atom. The second-order valence-corrected chi connectivity index (χ2v) is 8.02. The fraction of sp³-hybridized carbons (Fsp3) is 0.947. The molecular weight excluding hydrogens is 300 g/mol. The van der Waals surface area contributed by atoms with Crippen LogP contribution in [0.25, 0.3) is 0 Å². The van der Waals surface area contributed by atoms with Crippen LogP contribution in [0, 0.1) is 5.41 Å². The standard InChI is InChI=1S/C19H36N4O/c1-3-18(7-6-8-18)15-21-17(20-2)22-16-19(9-13-24-14-10-19)23-11-4-5-12-23/h3-16H2,1-2H3,(H2,20,21,22). The minimum atomic E-state index is 0.255. The van der Waals surface area contributed by atoms with Crippen LogP contribution in [-0.2, 0) is 4.74 Å². The van der Waals surface area contributed by atoms with E-state index in [0.717, 1.165) is 45.1 Å². The maximum Gasteiger partial charge on any atom is 0.191 e. The second kappa shape index (κ2) is 8.05. The molecule has 0 radical (unpaired) electrons. The van der Waals surface area contributed by atoms with Gasteiger partial charge >= 0.3 is 0 Å². The molecule has 24 heavy (non-hydrogen) atoms. The van der Waals surface area contributed by atoms with Gasteiger partial charge in [0.2, 0.25) is 0 Å². The molecule has 3 aliphatic rings. The summed E-state index contributed by atoms with van der Waals surface area (Å²) in [5.74, 6) is 0.972. The van der Waals surface area contributed by atoms with Crippen molar-refractivity contribution in [1.29, 1.82) is 0 Å². The summed E-state index contributed by atoms with van der Waals surface area (Å²) in [6.07, 6.45) is 10.3. The molecule has 0 bridgehead atoms.